The predicted octanol–water partition coefficient (Wildman–Crippen LogP) is 2.57. The smallest absolute Gasteiger partial charge is 0.101 e. The third-order valence-corrected chi connectivity index (χ3v) is 2.38. The molecule has 0 heterocycles. The molecule has 0 aliphatic heterocycles. The number of nitrogens with one attached hydrogen (secondary N) is 1. The van der Waals surface area contributed by atoms with Crippen LogP contribution in [0.2, 0.25) is 5.02 Å². The lowest BCUT2D eigenvalue weighted by Gasteiger charge is -2.20. The zero-order chi connectivity index (χ0) is 12.1. The van der Waals surface area contributed by atoms with Crippen LogP contribution in [-0.4, -0.2) is 31.6 Å². The highest BCUT2D eigenvalue weighted by atomic mass is 35.5. The van der Waals surface area contributed by atoms with Crippen molar-refractivity contribution in [2.24, 2.45) is 0 Å². The summed E-state index contributed by atoms with van der Waals surface area (Å²) in [4.78, 5) is 2.09. The van der Waals surface area contributed by atoms with Crippen LogP contribution in [0.15, 0.2) is 18.2 Å². The van der Waals surface area contributed by atoms with Gasteiger partial charge in [-0.1, -0.05) is 11.6 Å². The maximum Gasteiger partial charge on any atom is 0.101 e. The molecule has 1 unspecified atom stereocenters. The van der Waals surface area contributed by atoms with Gasteiger partial charge in [0.2, 0.25) is 0 Å². The van der Waals surface area contributed by atoms with E-state index >= 15 is 0 Å². The van der Waals surface area contributed by atoms with Crippen LogP contribution in [0.3, 0.4) is 0 Å². The molecule has 1 aromatic rings. The van der Waals surface area contributed by atoms with Crippen molar-refractivity contribution in [1.82, 2.24) is 4.90 Å². The monoisotopic (exact) mass is 237 g/mol. The Balaban J connectivity index is 2.80. The molecule has 0 fully saturated rings. The summed E-state index contributed by atoms with van der Waals surface area (Å²) in [7, 11) is 4.03. The molecule has 0 aliphatic carbocycles. The summed E-state index contributed by atoms with van der Waals surface area (Å²) in [6.07, 6.45) is 0. The highest BCUT2D eigenvalue weighted by molar-refractivity contribution is 6.30. The first-order valence-corrected chi connectivity index (χ1v) is 5.51. The summed E-state index contributed by atoms with van der Waals surface area (Å²) < 4.78 is 0. The minimum atomic E-state index is 0.264. The maximum atomic E-state index is 8.96. The first-order chi connectivity index (χ1) is 7.52. The molecule has 0 amide bonds. The van der Waals surface area contributed by atoms with E-state index in [-0.39, 0.29) is 6.04 Å². The van der Waals surface area contributed by atoms with Crippen molar-refractivity contribution < 1.29 is 0 Å². The molecular formula is C12H16ClN3. The van der Waals surface area contributed by atoms with Crippen molar-refractivity contribution in [3.05, 3.63) is 28.8 Å². The largest absolute Gasteiger partial charge is 0.380 e. The molecule has 1 aromatic carbocycles. The number of halogens is 1. The number of nitrogens with zero attached hydrogens (tertiary/aromatic N) is 2. The average molecular weight is 238 g/mol. The molecule has 0 aromatic heterocycles. The Kier molecular flexibility index (Phi) is 4.60. The van der Waals surface area contributed by atoms with Gasteiger partial charge in [-0.15, -0.1) is 0 Å². The minimum Gasteiger partial charge on any atom is -0.380 e. The number of nitriles is 1. The van der Waals surface area contributed by atoms with Gasteiger partial charge < -0.3 is 10.2 Å². The highest BCUT2D eigenvalue weighted by Crippen LogP contribution is 2.21. The van der Waals surface area contributed by atoms with E-state index in [4.69, 9.17) is 16.9 Å². The Morgan fingerprint density at radius 1 is 1.50 bits per heavy atom. The van der Waals surface area contributed by atoms with Crippen molar-refractivity contribution >= 4 is 17.3 Å². The van der Waals surface area contributed by atoms with E-state index in [2.05, 4.69) is 23.2 Å². The van der Waals surface area contributed by atoms with E-state index in [1.807, 2.05) is 14.1 Å². The van der Waals surface area contributed by atoms with Crippen LogP contribution in [0.1, 0.15) is 12.5 Å². The van der Waals surface area contributed by atoms with Crippen LogP contribution in [0, 0.1) is 11.3 Å². The summed E-state index contributed by atoms with van der Waals surface area (Å²) in [6.45, 7) is 2.97. The summed E-state index contributed by atoms with van der Waals surface area (Å²) in [5.41, 5.74) is 1.42. The number of hydrogen-bond acceptors (Lipinski definition) is 3. The molecule has 3 nitrogen and oxygen atoms in total. The van der Waals surface area contributed by atoms with Gasteiger partial charge in [-0.05, 0) is 39.2 Å². The Labute approximate surface area is 102 Å². The van der Waals surface area contributed by atoms with Gasteiger partial charge in [0.05, 0.1) is 11.3 Å². The normalized spacial score (nSPS) is 12.2. The molecule has 0 spiro atoms. The lowest BCUT2D eigenvalue weighted by Crippen LogP contribution is -2.29. The topological polar surface area (TPSA) is 39.1 Å². The molecule has 1 rings (SSSR count). The van der Waals surface area contributed by atoms with Crippen molar-refractivity contribution in [1.29, 1.82) is 5.26 Å². The van der Waals surface area contributed by atoms with Crippen molar-refractivity contribution in [3.63, 3.8) is 0 Å². The molecule has 0 radical (unpaired) electrons. The SMILES string of the molecule is CC(CN(C)C)Nc1cc(Cl)ccc1C#N. The third-order valence-electron chi connectivity index (χ3n) is 2.14. The fourth-order valence-corrected chi connectivity index (χ4v) is 1.76. The van der Waals surface area contributed by atoms with Gasteiger partial charge in [0, 0.05) is 17.6 Å². The van der Waals surface area contributed by atoms with Gasteiger partial charge in [0.15, 0.2) is 0 Å². The summed E-state index contributed by atoms with van der Waals surface area (Å²) in [5, 5.41) is 12.9. The van der Waals surface area contributed by atoms with Gasteiger partial charge in [0.1, 0.15) is 6.07 Å². The molecule has 16 heavy (non-hydrogen) atoms. The second kappa shape index (κ2) is 5.74. The quantitative estimate of drug-likeness (QED) is 0.875. The zero-order valence-electron chi connectivity index (χ0n) is 9.79. The van der Waals surface area contributed by atoms with E-state index in [9.17, 15) is 0 Å². The second-order valence-corrected chi connectivity index (χ2v) is 4.55. The van der Waals surface area contributed by atoms with Crippen LogP contribution < -0.4 is 5.32 Å². The molecule has 86 valence electrons. The van der Waals surface area contributed by atoms with Gasteiger partial charge in [-0.2, -0.15) is 5.26 Å². The molecule has 0 saturated carbocycles. The Hall–Kier alpha value is -1.24. The van der Waals surface area contributed by atoms with Crippen LogP contribution in [0.4, 0.5) is 5.69 Å². The zero-order valence-corrected chi connectivity index (χ0v) is 10.5. The Bertz CT molecular complexity index is 396. The van der Waals surface area contributed by atoms with E-state index in [0.717, 1.165) is 12.2 Å². The van der Waals surface area contributed by atoms with Gasteiger partial charge in [-0.25, -0.2) is 0 Å². The third kappa shape index (κ3) is 3.73. The lowest BCUT2D eigenvalue weighted by atomic mass is 10.1. The fraction of sp³-hybridized carbons (Fsp3) is 0.417. The number of benzene rings is 1. The Morgan fingerprint density at radius 3 is 2.75 bits per heavy atom. The number of likely N-dealkylation sites (N-methyl/N-ethyl adjacent to an activating group) is 1. The van der Waals surface area contributed by atoms with E-state index in [0.29, 0.717) is 10.6 Å². The van der Waals surface area contributed by atoms with E-state index in [1.165, 1.54) is 0 Å². The number of anilines is 1. The minimum absolute atomic E-state index is 0.264. The Morgan fingerprint density at radius 2 is 2.19 bits per heavy atom. The molecule has 4 heteroatoms. The average Bonchev–Trinajstić information content (AvgIpc) is 2.16. The fourth-order valence-electron chi connectivity index (χ4n) is 1.59. The second-order valence-electron chi connectivity index (χ2n) is 4.11. The first-order valence-electron chi connectivity index (χ1n) is 5.14. The molecule has 0 aliphatic rings. The molecule has 0 bridgehead atoms. The van der Waals surface area contributed by atoms with Gasteiger partial charge in [0.25, 0.3) is 0 Å². The van der Waals surface area contributed by atoms with Crippen LogP contribution in [0.5, 0.6) is 0 Å². The number of rotatable bonds is 4. The van der Waals surface area contributed by atoms with Gasteiger partial charge >= 0.3 is 0 Å². The van der Waals surface area contributed by atoms with Crippen LogP contribution in [-0.2, 0) is 0 Å². The van der Waals surface area contributed by atoms with E-state index < -0.39 is 0 Å². The molecule has 1 atom stereocenters. The standard InChI is InChI=1S/C12H16ClN3/c1-9(8-16(2)3)15-12-6-11(13)5-4-10(12)7-14/h4-6,9,15H,8H2,1-3H3. The van der Waals surface area contributed by atoms with Crippen molar-refractivity contribution in [3.8, 4) is 6.07 Å². The molecular weight excluding hydrogens is 222 g/mol. The van der Waals surface area contributed by atoms with E-state index in [1.54, 1.807) is 18.2 Å². The maximum absolute atomic E-state index is 8.96. The summed E-state index contributed by atoms with van der Waals surface area (Å²) in [5.74, 6) is 0. The predicted molar refractivity (Wildman–Crippen MR) is 67.8 cm³/mol. The number of hydrogen-bond donors (Lipinski definition) is 1. The highest BCUT2D eigenvalue weighted by Gasteiger charge is 2.07. The first kappa shape index (κ1) is 12.8. The summed E-state index contributed by atoms with van der Waals surface area (Å²) >= 11 is 5.90. The van der Waals surface area contributed by atoms with Crippen LogP contribution >= 0.6 is 11.6 Å². The van der Waals surface area contributed by atoms with Gasteiger partial charge in [-0.3, -0.25) is 0 Å². The van der Waals surface area contributed by atoms with Crippen LogP contribution in [0.25, 0.3) is 0 Å². The van der Waals surface area contributed by atoms with Crippen molar-refractivity contribution in [2.45, 2.75) is 13.0 Å². The summed E-state index contributed by atoms with van der Waals surface area (Å²) in [6, 6.07) is 7.65. The van der Waals surface area contributed by atoms with Crippen molar-refractivity contribution in [2.75, 3.05) is 26.0 Å². The molecule has 0 saturated heterocycles. The molecule has 1 N–H and O–H groups in total. The lowest BCUT2D eigenvalue weighted by molar-refractivity contribution is 0.392.